The highest BCUT2D eigenvalue weighted by Crippen LogP contribution is 2.17. The van der Waals surface area contributed by atoms with E-state index in [1.165, 1.54) is 42.6 Å². The average molecular weight is 500 g/mol. The zero-order chi connectivity index (χ0) is 25.4. The summed E-state index contributed by atoms with van der Waals surface area (Å²) in [6, 6.07) is 29.3. The second-order valence-electron chi connectivity index (χ2n) is 7.52. The highest BCUT2D eigenvalue weighted by atomic mass is 32.2. The van der Waals surface area contributed by atoms with Crippen molar-refractivity contribution in [2.24, 2.45) is 5.10 Å². The van der Waals surface area contributed by atoms with E-state index in [1.54, 1.807) is 66.7 Å². The minimum atomic E-state index is -3.72. The van der Waals surface area contributed by atoms with Crippen molar-refractivity contribution in [1.29, 1.82) is 0 Å². The number of nitrogens with one attached hydrogen (secondary N) is 2. The van der Waals surface area contributed by atoms with E-state index in [0.717, 1.165) is 0 Å². The Morgan fingerprint density at radius 3 is 1.97 bits per heavy atom. The van der Waals surface area contributed by atoms with E-state index < -0.39 is 21.9 Å². The zero-order valence-corrected chi connectivity index (χ0v) is 19.7. The van der Waals surface area contributed by atoms with Crippen LogP contribution in [-0.2, 0) is 10.0 Å². The van der Waals surface area contributed by atoms with Gasteiger partial charge in [0.1, 0.15) is 5.75 Å². The number of hydrogen-bond donors (Lipinski definition) is 2. The Balaban J connectivity index is 1.30. The molecule has 1 amide bonds. The SMILES string of the molecule is O=C(NN=Cc1ccc(OC(=O)c2ccccc2)cc1)c1ccc(NS(=O)(=O)c2ccccc2)cc1. The number of benzene rings is 4. The van der Waals surface area contributed by atoms with Crippen LogP contribution in [0.3, 0.4) is 0 Å². The zero-order valence-electron chi connectivity index (χ0n) is 18.9. The standard InChI is InChI=1S/C27H21N3O5S/c31-26(21-13-15-23(16-14-21)30-36(33,34)25-9-5-2-6-10-25)29-28-19-20-11-17-24(18-12-20)35-27(32)22-7-3-1-4-8-22/h1-19,30H,(H,29,31). The Morgan fingerprint density at radius 1 is 0.722 bits per heavy atom. The van der Waals surface area contributed by atoms with Gasteiger partial charge in [-0.2, -0.15) is 5.10 Å². The van der Waals surface area contributed by atoms with E-state index in [0.29, 0.717) is 28.1 Å². The van der Waals surface area contributed by atoms with Crippen molar-refractivity contribution < 1.29 is 22.7 Å². The molecule has 4 aromatic carbocycles. The number of ether oxygens (including phenoxy) is 1. The number of esters is 1. The van der Waals surface area contributed by atoms with Crippen molar-refractivity contribution >= 4 is 33.8 Å². The lowest BCUT2D eigenvalue weighted by Crippen LogP contribution is -2.18. The first-order chi connectivity index (χ1) is 17.4. The van der Waals surface area contributed by atoms with Crippen LogP contribution in [0.1, 0.15) is 26.3 Å². The summed E-state index contributed by atoms with van der Waals surface area (Å²) >= 11 is 0. The van der Waals surface area contributed by atoms with Gasteiger partial charge in [-0.05, 0) is 78.4 Å². The summed E-state index contributed by atoms with van der Waals surface area (Å²) in [5, 5.41) is 3.93. The Kier molecular flexibility index (Phi) is 7.52. The molecular formula is C27H21N3O5S. The van der Waals surface area contributed by atoms with Crippen molar-refractivity contribution in [1.82, 2.24) is 5.43 Å². The molecule has 0 spiro atoms. The molecule has 0 aromatic heterocycles. The van der Waals surface area contributed by atoms with Gasteiger partial charge in [0, 0.05) is 11.3 Å². The van der Waals surface area contributed by atoms with Crippen molar-refractivity contribution in [2.75, 3.05) is 4.72 Å². The van der Waals surface area contributed by atoms with Crippen LogP contribution in [0.25, 0.3) is 0 Å². The maximum atomic E-state index is 12.4. The van der Waals surface area contributed by atoms with Crippen LogP contribution < -0.4 is 14.9 Å². The van der Waals surface area contributed by atoms with Crippen molar-refractivity contribution in [2.45, 2.75) is 4.90 Å². The Morgan fingerprint density at radius 2 is 1.33 bits per heavy atom. The molecule has 0 bridgehead atoms. The van der Waals surface area contributed by atoms with Crippen LogP contribution in [0, 0.1) is 0 Å². The van der Waals surface area contributed by atoms with E-state index in [1.807, 2.05) is 6.07 Å². The number of carbonyl (C=O) groups is 2. The molecule has 0 aliphatic heterocycles. The van der Waals surface area contributed by atoms with E-state index >= 15 is 0 Å². The molecule has 0 fully saturated rings. The van der Waals surface area contributed by atoms with Crippen LogP contribution in [0.15, 0.2) is 119 Å². The lowest BCUT2D eigenvalue weighted by Gasteiger charge is -2.08. The Hall–Kier alpha value is -4.76. The highest BCUT2D eigenvalue weighted by molar-refractivity contribution is 7.92. The van der Waals surface area contributed by atoms with E-state index in [2.05, 4.69) is 15.2 Å². The Bertz CT molecular complexity index is 1470. The van der Waals surface area contributed by atoms with Gasteiger partial charge < -0.3 is 4.74 Å². The average Bonchev–Trinajstić information content (AvgIpc) is 2.91. The molecule has 4 aromatic rings. The van der Waals surface area contributed by atoms with Crippen LogP contribution >= 0.6 is 0 Å². The molecule has 0 atom stereocenters. The van der Waals surface area contributed by atoms with Crippen LogP contribution in [0.2, 0.25) is 0 Å². The fraction of sp³-hybridized carbons (Fsp3) is 0. The molecule has 0 aliphatic rings. The molecule has 0 heterocycles. The van der Waals surface area contributed by atoms with Crippen LogP contribution in [0.5, 0.6) is 5.75 Å². The number of sulfonamides is 1. The van der Waals surface area contributed by atoms with Crippen LogP contribution in [-0.4, -0.2) is 26.5 Å². The summed E-state index contributed by atoms with van der Waals surface area (Å²) < 4.78 is 32.6. The topological polar surface area (TPSA) is 114 Å². The predicted molar refractivity (Wildman–Crippen MR) is 137 cm³/mol. The number of rotatable bonds is 8. The molecule has 4 rings (SSSR count). The van der Waals surface area contributed by atoms with Gasteiger partial charge in [-0.25, -0.2) is 18.6 Å². The molecule has 36 heavy (non-hydrogen) atoms. The highest BCUT2D eigenvalue weighted by Gasteiger charge is 2.14. The molecule has 8 nitrogen and oxygen atoms in total. The third-order valence-electron chi connectivity index (χ3n) is 4.93. The molecular weight excluding hydrogens is 478 g/mol. The fourth-order valence-electron chi connectivity index (χ4n) is 3.10. The van der Waals surface area contributed by atoms with Crippen molar-refractivity contribution in [3.63, 3.8) is 0 Å². The summed E-state index contributed by atoms with van der Waals surface area (Å²) in [6.45, 7) is 0. The molecule has 0 aliphatic carbocycles. The molecule has 0 unspecified atom stereocenters. The second kappa shape index (κ2) is 11.1. The van der Waals surface area contributed by atoms with Gasteiger partial charge in [0.2, 0.25) is 0 Å². The molecule has 2 N–H and O–H groups in total. The number of hydrazone groups is 1. The maximum absolute atomic E-state index is 12.4. The summed E-state index contributed by atoms with van der Waals surface area (Å²) in [4.78, 5) is 24.6. The monoisotopic (exact) mass is 499 g/mol. The first-order valence-corrected chi connectivity index (χ1v) is 12.3. The molecule has 0 saturated heterocycles. The first kappa shape index (κ1) is 24.4. The minimum Gasteiger partial charge on any atom is -0.423 e. The summed E-state index contributed by atoms with van der Waals surface area (Å²) in [6.07, 6.45) is 1.45. The van der Waals surface area contributed by atoms with Gasteiger partial charge >= 0.3 is 5.97 Å². The van der Waals surface area contributed by atoms with Gasteiger partial charge in [-0.15, -0.1) is 0 Å². The third kappa shape index (κ3) is 6.43. The fourth-order valence-corrected chi connectivity index (χ4v) is 4.18. The maximum Gasteiger partial charge on any atom is 0.343 e. The van der Waals surface area contributed by atoms with E-state index in [9.17, 15) is 18.0 Å². The lowest BCUT2D eigenvalue weighted by molar-refractivity contribution is 0.0734. The minimum absolute atomic E-state index is 0.142. The molecule has 9 heteroatoms. The number of carbonyl (C=O) groups excluding carboxylic acids is 2. The first-order valence-electron chi connectivity index (χ1n) is 10.8. The lowest BCUT2D eigenvalue weighted by atomic mass is 10.2. The van der Waals surface area contributed by atoms with Gasteiger partial charge in [0.05, 0.1) is 16.7 Å². The molecule has 0 saturated carbocycles. The largest absolute Gasteiger partial charge is 0.423 e. The van der Waals surface area contributed by atoms with Crippen molar-refractivity contribution in [3.05, 3.63) is 126 Å². The number of nitrogens with zero attached hydrogens (tertiary/aromatic N) is 1. The Labute approximate surface area is 208 Å². The summed E-state index contributed by atoms with van der Waals surface area (Å²) in [5.41, 5.74) is 4.18. The molecule has 180 valence electrons. The second-order valence-corrected chi connectivity index (χ2v) is 9.20. The van der Waals surface area contributed by atoms with E-state index in [-0.39, 0.29) is 4.90 Å². The number of hydrogen-bond acceptors (Lipinski definition) is 6. The number of amides is 1. The van der Waals surface area contributed by atoms with Gasteiger partial charge in [-0.3, -0.25) is 9.52 Å². The molecule has 0 radical (unpaired) electrons. The van der Waals surface area contributed by atoms with Crippen LogP contribution in [0.4, 0.5) is 5.69 Å². The van der Waals surface area contributed by atoms with Gasteiger partial charge in [0.25, 0.3) is 15.9 Å². The normalized spacial score (nSPS) is 11.1. The quantitative estimate of drug-likeness (QED) is 0.161. The van der Waals surface area contributed by atoms with Crippen molar-refractivity contribution in [3.8, 4) is 5.75 Å². The van der Waals surface area contributed by atoms with Gasteiger partial charge in [0.15, 0.2) is 0 Å². The number of anilines is 1. The van der Waals surface area contributed by atoms with E-state index in [4.69, 9.17) is 4.74 Å². The van der Waals surface area contributed by atoms with Gasteiger partial charge in [-0.1, -0.05) is 36.4 Å². The smallest absolute Gasteiger partial charge is 0.343 e. The summed E-state index contributed by atoms with van der Waals surface area (Å²) in [5.74, 6) is -0.534. The summed E-state index contributed by atoms with van der Waals surface area (Å²) in [7, 11) is -3.72. The predicted octanol–water partition coefficient (Wildman–Crippen LogP) is 4.47. The third-order valence-corrected chi connectivity index (χ3v) is 6.33.